The van der Waals surface area contributed by atoms with Crippen LogP contribution in [0.2, 0.25) is 0 Å². The van der Waals surface area contributed by atoms with Crippen LogP contribution in [0.3, 0.4) is 0 Å². The predicted molar refractivity (Wildman–Crippen MR) is 136 cm³/mol. The zero-order valence-corrected chi connectivity index (χ0v) is 22.0. The van der Waals surface area contributed by atoms with Gasteiger partial charge in [0, 0.05) is 42.9 Å². The number of rotatable bonds is 6. The van der Waals surface area contributed by atoms with Crippen molar-refractivity contribution in [1.82, 2.24) is 15.4 Å². The van der Waals surface area contributed by atoms with Crippen molar-refractivity contribution in [2.45, 2.75) is 77.3 Å². The van der Waals surface area contributed by atoms with Gasteiger partial charge >= 0.3 is 5.91 Å². The molecular weight excluding hydrogens is 488 g/mol. The number of nitrogens with one attached hydrogen (secondary N) is 1. The van der Waals surface area contributed by atoms with E-state index in [-0.39, 0.29) is 49.1 Å². The van der Waals surface area contributed by atoms with Crippen LogP contribution in [0.4, 0.5) is 0 Å². The number of carbonyl (C=O) groups excluding carboxylic acids is 4. The molecule has 4 amide bonds. The monoisotopic (exact) mass is 521 g/mol. The molecule has 1 saturated heterocycles. The molecule has 0 aliphatic carbocycles. The van der Waals surface area contributed by atoms with Gasteiger partial charge in [0.2, 0.25) is 11.8 Å². The first-order chi connectivity index (χ1) is 18.1. The van der Waals surface area contributed by atoms with Crippen LogP contribution in [0.15, 0.2) is 28.8 Å². The number of hydrogen-bond donors (Lipinski definition) is 1. The van der Waals surface area contributed by atoms with Crippen molar-refractivity contribution < 1.29 is 33.0 Å². The second kappa shape index (κ2) is 10.2. The molecule has 1 N–H and O–H groups in total. The Morgan fingerprint density at radius 1 is 1.18 bits per heavy atom. The summed E-state index contributed by atoms with van der Waals surface area (Å²) in [6.45, 7) is 7.33. The molecule has 0 spiro atoms. The van der Waals surface area contributed by atoms with Crippen LogP contribution in [-0.2, 0) is 32.8 Å². The summed E-state index contributed by atoms with van der Waals surface area (Å²) in [6, 6.07) is 6.46. The molecule has 5 rings (SSSR count). The third-order valence-electron chi connectivity index (χ3n) is 7.33. The molecule has 0 bridgehead atoms. The Bertz CT molecular complexity index is 1340. The largest absolute Gasteiger partial charge is 0.483 e. The SMILES string of the molecule is CC(C)(C)c1cc(CC(=O)[N+]2=C(COc3ccc4c(c3)CN(C3CCC(=O)NC3=O)C4=O)CCCC2)on1. The molecule has 0 saturated carbocycles. The van der Waals surface area contributed by atoms with Crippen LogP contribution in [0.25, 0.3) is 0 Å². The Morgan fingerprint density at radius 2 is 2.00 bits per heavy atom. The maximum absolute atomic E-state index is 13.1. The quantitative estimate of drug-likeness (QED) is 0.458. The lowest BCUT2D eigenvalue weighted by molar-refractivity contribution is -0.456. The average Bonchev–Trinajstić information content (AvgIpc) is 3.47. The molecule has 1 fully saturated rings. The normalized spacial score (nSPS) is 20.0. The number of aromatic nitrogens is 1. The van der Waals surface area contributed by atoms with Crippen molar-refractivity contribution in [3.05, 3.63) is 46.8 Å². The van der Waals surface area contributed by atoms with Gasteiger partial charge in [0.1, 0.15) is 18.2 Å². The Hall–Kier alpha value is -3.82. The van der Waals surface area contributed by atoms with E-state index >= 15 is 0 Å². The lowest BCUT2D eigenvalue weighted by Gasteiger charge is -2.29. The molecule has 10 nitrogen and oxygen atoms in total. The summed E-state index contributed by atoms with van der Waals surface area (Å²) < 4.78 is 13.3. The van der Waals surface area contributed by atoms with Crippen LogP contribution in [-0.4, -0.2) is 63.2 Å². The summed E-state index contributed by atoms with van der Waals surface area (Å²) in [5.41, 5.74) is 2.89. The third-order valence-corrected chi connectivity index (χ3v) is 7.33. The first-order valence-corrected chi connectivity index (χ1v) is 13.1. The number of hydrogen-bond acceptors (Lipinski definition) is 7. The van der Waals surface area contributed by atoms with Crippen LogP contribution in [0.5, 0.6) is 5.75 Å². The molecule has 3 aliphatic heterocycles. The highest BCUT2D eigenvalue weighted by atomic mass is 16.5. The van der Waals surface area contributed by atoms with Crippen molar-refractivity contribution in [2.75, 3.05) is 13.2 Å². The number of imide groups is 1. The molecule has 10 heteroatoms. The predicted octanol–water partition coefficient (Wildman–Crippen LogP) is 2.52. The van der Waals surface area contributed by atoms with Crippen LogP contribution < -0.4 is 10.1 Å². The minimum atomic E-state index is -0.654. The zero-order chi connectivity index (χ0) is 27.0. The minimum absolute atomic E-state index is 0.0423. The van der Waals surface area contributed by atoms with Crippen molar-refractivity contribution in [3.63, 3.8) is 0 Å². The second-order valence-electron chi connectivity index (χ2n) is 11.2. The molecule has 1 unspecified atom stereocenters. The van der Waals surface area contributed by atoms with Crippen molar-refractivity contribution in [1.29, 1.82) is 0 Å². The first-order valence-electron chi connectivity index (χ1n) is 13.1. The van der Waals surface area contributed by atoms with E-state index in [2.05, 4.69) is 10.5 Å². The lowest BCUT2D eigenvalue weighted by atomic mass is 9.92. The van der Waals surface area contributed by atoms with Crippen LogP contribution in [0.1, 0.15) is 80.3 Å². The van der Waals surface area contributed by atoms with E-state index in [1.807, 2.05) is 32.9 Å². The van der Waals surface area contributed by atoms with Gasteiger partial charge in [-0.1, -0.05) is 25.9 Å². The number of piperidine rings is 1. The lowest BCUT2D eigenvalue weighted by Crippen LogP contribution is -2.52. The zero-order valence-electron chi connectivity index (χ0n) is 22.0. The summed E-state index contributed by atoms with van der Waals surface area (Å²) in [4.78, 5) is 51.3. The molecule has 0 radical (unpaired) electrons. The van der Waals surface area contributed by atoms with E-state index in [0.29, 0.717) is 30.0 Å². The van der Waals surface area contributed by atoms with E-state index in [1.165, 1.54) is 4.90 Å². The van der Waals surface area contributed by atoms with Crippen molar-refractivity contribution in [2.24, 2.45) is 0 Å². The van der Waals surface area contributed by atoms with Gasteiger partial charge in [0.15, 0.2) is 24.6 Å². The van der Waals surface area contributed by atoms with Gasteiger partial charge in [-0.05, 0) is 36.6 Å². The smallest absolute Gasteiger partial charge is 0.394 e. The molecule has 38 heavy (non-hydrogen) atoms. The number of benzene rings is 1. The highest BCUT2D eigenvalue weighted by Gasteiger charge is 2.39. The molecule has 4 heterocycles. The third kappa shape index (κ3) is 5.25. The minimum Gasteiger partial charge on any atom is -0.483 e. The fraction of sp³-hybridized carbons (Fsp3) is 0.500. The van der Waals surface area contributed by atoms with Crippen LogP contribution in [0, 0.1) is 0 Å². The van der Waals surface area contributed by atoms with Gasteiger partial charge in [0.05, 0.1) is 5.69 Å². The molecule has 1 aromatic carbocycles. The van der Waals surface area contributed by atoms with E-state index in [1.54, 1.807) is 16.7 Å². The van der Waals surface area contributed by atoms with E-state index < -0.39 is 11.9 Å². The standard InChI is InChI=1S/C28H32N4O6/c1-28(2,3)23-13-20(38-30-23)14-25(34)31-11-5-4-6-18(31)16-37-19-7-8-21-17(12-19)15-32(27(21)36)22-9-10-24(33)29-26(22)35/h7-8,12-13,22H,4-6,9-11,14-16H2,1-3H3/p+1. The number of fused-ring (bicyclic) bond motifs is 1. The maximum Gasteiger partial charge on any atom is 0.394 e. The summed E-state index contributed by atoms with van der Waals surface area (Å²) in [5.74, 6) is 0.138. The highest BCUT2D eigenvalue weighted by Crippen LogP contribution is 2.30. The topological polar surface area (TPSA) is 122 Å². The summed E-state index contributed by atoms with van der Waals surface area (Å²) in [6.07, 6.45) is 3.36. The average molecular weight is 522 g/mol. The van der Waals surface area contributed by atoms with Crippen LogP contribution >= 0.6 is 0 Å². The first kappa shape index (κ1) is 25.8. The van der Waals surface area contributed by atoms with Crippen molar-refractivity contribution in [3.8, 4) is 5.75 Å². The van der Waals surface area contributed by atoms with Gasteiger partial charge < -0.3 is 14.2 Å². The molecule has 1 atom stereocenters. The second-order valence-corrected chi connectivity index (χ2v) is 11.2. The Morgan fingerprint density at radius 3 is 2.74 bits per heavy atom. The number of ether oxygens (including phenoxy) is 1. The summed E-state index contributed by atoms with van der Waals surface area (Å²) >= 11 is 0. The Kier molecular flexibility index (Phi) is 6.90. The molecule has 200 valence electrons. The summed E-state index contributed by atoms with van der Waals surface area (Å²) in [7, 11) is 0. The highest BCUT2D eigenvalue weighted by molar-refractivity contribution is 6.05. The van der Waals surface area contributed by atoms with Gasteiger partial charge in [-0.2, -0.15) is 4.58 Å². The molecular formula is C28H33N4O6+. The van der Waals surface area contributed by atoms with E-state index in [9.17, 15) is 19.2 Å². The maximum atomic E-state index is 13.1. The number of nitrogens with zero attached hydrogens (tertiary/aromatic N) is 3. The van der Waals surface area contributed by atoms with Gasteiger partial charge in [-0.15, -0.1) is 0 Å². The summed E-state index contributed by atoms with van der Waals surface area (Å²) in [5, 5.41) is 6.43. The molecule has 1 aromatic heterocycles. The van der Waals surface area contributed by atoms with Crippen molar-refractivity contribution >= 4 is 29.3 Å². The van der Waals surface area contributed by atoms with Gasteiger partial charge in [-0.25, -0.2) is 4.79 Å². The van der Waals surface area contributed by atoms with Gasteiger partial charge in [-0.3, -0.25) is 19.7 Å². The molecule has 2 aromatic rings. The number of carbonyl (C=O) groups is 4. The number of amides is 4. The Balaban J connectivity index is 1.26. The van der Waals surface area contributed by atoms with E-state index in [4.69, 9.17) is 9.26 Å². The fourth-order valence-corrected chi connectivity index (χ4v) is 5.14. The fourth-order valence-electron chi connectivity index (χ4n) is 5.14. The van der Waals surface area contributed by atoms with Gasteiger partial charge in [0.25, 0.3) is 5.91 Å². The Labute approximate surface area is 221 Å². The van der Waals surface area contributed by atoms with E-state index in [0.717, 1.165) is 36.2 Å². The molecule has 3 aliphatic rings.